The number of benzene rings is 4. The molecule has 0 atom stereocenters. The first-order valence-corrected chi connectivity index (χ1v) is 9.31. The van der Waals surface area contributed by atoms with Crippen molar-refractivity contribution in [2.45, 2.75) is 0 Å². The van der Waals surface area contributed by atoms with Crippen LogP contribution in [0.3, 0.4) is 0 Å². The van der Waals surface area contributed by atoms with Gasteiger partial charge in [-0.1, -0.05) is 36.4 Å². The van der Waals surface area contributed by atoms with E-state index in [0.717, 1.165) is 22.3 Å². The summed E-state index contributed by atoms with van der Waals surface area (Å²) in [5.41, 5.74) is 18.1. The second-order valence-corrected chi connectivity index (χ2v) is 7.10. The summed E-state index contributed by atoms with van der Waals surface area (Å²) in [4.78, 5) is 13.0. The molecular weight excluding hydrogens is 360 g/mol. The van der Waals surface area contributed by atoms with Gasteiger partial charge < -0.3 is 15.9 Å². The van der Waals surface area contributed by atoms with Crippen LogP contribution in [0.25, 0.3) is 44.2 Å². The van der Waals surface area contributed by atoms with Gasteiger partial charge in [-0.3, -0.25) is 4.79 Å². The Balaban J connectivity index is 1.71. The lowest BCUT2D eigenvalue weighted by Gasteiger charge is -2.08. The number of nitrogens with two attached hydrogens (primary N) is 2. The van der Waals surface area contributed by atoms with Gasteiger partial charge in [0.05, 0.1) is 10.8 Å². The number of anilines is 2. The maximum Gasteiger partial charge on any atom is 0.200 e. The Kier molecular flexibility index (Phi) is 3.85. The fraction of sp³-hybridized carbons (Fsp3) is 0. The molecule has 0 aliphatic carbocycles. The first-order valence-electron chi connectivity index (χ1n) is 9.31. The highest BCUT2D eigenvalue weighted by Gasteiger charge is 2.11. The minimum absolute atomic E-state index is 0.0421. The van der Waals surface area contributed by atoms with E-state index in [2.05, 4.69) is 0 Å². The topological polar surface area (TPSA) is 82.2 Å². The van der Waals surface area contributed by atoms with Gasteiger partial charge in [-0.2, -0.15) is 0 Å². The molecule has 5 rings (SSSR count). The molecule has 140 valence electrons. The molecule has 4 nitrogen and oxygen atoms in total. The Morgan fingerprint density at radius 2 is 1.00 bits per heavy atom. The predicted octanol–water partition coefficient (Wildman–Crippen LogP) is 5.44. The van der Waals surface area contributed by atoms with Crippen LogP contribution in [0.2, 0.25) is 0 Å². The lowest BCUT2D eigenvalue weighted by molar-refractivity contribution is 0.660. The molecule has 0 spiro atoms. The van der Waals surface area contributed by atoms with Crippen molar-refractivity contribution in [3.63, 3.8) is 0 Å². The molecule has 0 aliphatic rings. The third kappa shape index (κ3) is 3.01. The van der Waals surface area contributed by atoms with Crippen molar-refractivity contribution in [3.05, 3.63) is 95.2 Å². The minimum atomic E-state index is -0.0421. The van der Waals surface area contributed by atoms with Gasteiger partial charge in [-0.05, 0) is 70.8 Å². The Labute approximate surface area is 167 Å². The monoisotopic (exact) mass is 378 g/mol. The normalized spacial score (nSPS) is 11.2. The Morgan fingerprint density at radius 1 is 0.552 bits per heavy atom. The van der Waals surface area contributed by atoms with E-state index >= 15 is 0 Å². The summed E-state index contributed by atoms with van der Waals surface area (Å²) in [6, 6.07) is 26.5. The van der Waals surface area contributed by atoms with Crippen molar-refractivity contribution in [1.29, 1.82) is 0 Å². The number of fused-ring (bicyclic) bond motifs is 2. The van der Waals surface area contributed by atoms with Crippen molar-refractivity contribution in [1.82, 2.24) is 0 Å². The molecule has 0 fully saturated rings. The van der Waals surface area contributed by atoms with Crippen LogP contribution in [0, 0.1) is 0 Å². The fourth-order valence-electron chi connectivity index (χ4n) is 3.65. The van der Waals surface area contributed by atoms with Crippen LogP contribution >= 0.6 is 0 Å². The fourth-order valence-corrected chi connectivity index (χ4v) is 3.65. The first kappa shape index (κ1) is 17.1. The highest BCUT2D eigenvalue weighted by molar-refractivity contribution is 5.93. The summed E-state index contributed by atoms with van der Waals surface area (Å²) in [7, 11) is 0. The lowest BCUT2D eigenvalue weighted by Crippen LogP contribution is -2.02. The largest absolute Gasteiger partial charge is 0.456 e. The van der Waals surface area contributed by atoms with E-state index in [9.17, 15) is 4.79 Å². The van der Waals surface area contributed by atoms with Gasteiger partial charge in [0.25, 0.3) is 0 Å². The van der Waals surface area contributed by atoms with E-state index in [-0.39, 0.29) is 5.43 Å². The summed E-state index contributed by atoms with van der Waals surface area (Å²) >= 11 is 0. The van der Waals surface area contributed by atoms with Crippen molar-refractivity contribution < 1.29 is 4.42 Å². The van der Waals surface area contributed by atoms with Crippen LogP contribution in [0.4, 0.5) is 11.4 Å². The van der Waals surface area contributed by atoms with Crippen LogP contribution in [0.15, 0.2) is 94.1 Å². The standard InChI is InChI=1S/C25H18N2O2/c26-19-5-1-3-15(11-19)17-7-9-21-23(13-17)29-24-14-18(8-10-22(24)25(21)28)16-4-2-6-20(27)12-16/h1-14H,26-27H2. The van der Waals surface area contributed by atoms with Crippen LogP contribution in [0.1, 0.15) is 0 Å². The van der Waals surface area contributed by atoms with Crippen LogP contribution in [-0.4, -0.2) is 0 Å². The molecule has 0 amide bonds. The zero-order valence-corrected chi connectivity index (χ0v) is 15.6. The van der Waals surface area contributed by atoms with Gasteiger partial charge in [-0.15, -0.1) is 0 Å². The Bertz CT molecular complexity index is 1340. The molecule has 0 saturated carbocycles. The molecule has 0 radical (unpaired) electrons. The highest BCUT2D eigenvalue weighted by atomic mass is 16.3. The molecule has 4 N–H and O–H groups in total. The summed E-state index contributed by atoms with van der Waals surface area (Å²) in [5.74, 6) is 0. The van der Waals surface area contributed by atoms with E-state index in [1.54, 1.807) is 0 Å². The SMILES string of the molecule is Nc1cccc(-c2ccc3c(=O)c4ccc(-c5cccc(N)c5)cc4oc3c2)c1. The van der Waals surface area contributed by atoms with Crippen LogP contribution in [0.5, 0.6) is 0 Å². The molecule has 1 heterocycles. The molecule has 29 heavy (non-hydrogen) atoms. The molecule has 4 heteroatoms. The van der Waals surface area contributed by atoms with Crippen molar-refractivity contribution >= 4 is 33.3 Å². The van der Waals surface area contributed by atoms with Gasteiger partial charge >= 0.3 is 0 Å². The van der Waals surface area contributed by atoms with Gasteiger partial charge in [0.15, 0.2) is 0 Å². The predicted molar refractivity (Wildman–Crippen MR) is 120 cm³/mol. The summed E-state index contributed by atoms with van der Waals surface area (Å²) < 4.78 is 6.15. The summed E-state index contributed by atoms with van der Waals surface area (Å²) in [6.45, 7) is 0. The number of hydrogen-bond donors (Lipinski definition) is 2. The highest BCUT2D eigenvalue weighted by Crippen LogP contribution is 2.29. The van der Waals surface area contributed by atoms with Crippen LogP contribution in [-0.2, 0) is 0 Å². The summed E-state index contributed by atoms with van der Waals surface area (Å²) in [6.07, 6.45) is 0. The van der Waals surface area contributed by atoms with Gasteiger partial charge in [-0.25, -0.2) is 0 Å². The molecular formula is C25H18N2O2. The number of rotatable bonds is 2. The van der Waals surface area contributed by atoms with Crippen molar-refractivity contribution in [2.24, 2.45) is 0 Å². The smallest absolute Gasteiger partial charge is 0.200 e. The van der Waals surface area contributed by atoms with E-state index in [1.807, 2.05) is 84.9 Å². The Morgan fingerprint density at radius 3 is 1.45 bits per heavy atom. The first-order chi connectivity index (χ1) is 14.1. The van der Waals surface area contributed by atoms with Gasteiger partial charge in [0.2, 0.25) is 5.43 Å². The van der Waals surface area contributed by atoms with Crippen molar-refractivity contribution in [3.8, 4) is 22.3 Å². The maximum absolute atomic E-state index is 13.0. The van der Waals surface area contributed by atoms with E-state index in [1.165, 1.54) is 0 Å². The molecule has 0 aliphatic heterocycles. The van der Waals surface area contributed by atoms with Crippen molar-refractivity contribution in [2.75, 3.05) is 11.5 Å². The lowest BCUT2D eigenvalue weighted by atomic mass is 10.0. The van der Waals surface area contributed by atoms with Gasteiger partial charge in [0.1, 0.15) is 11.2 Å². The Hall–Kier alpha value is -4.05. The third-order valence-electron chi connectivity index (χ3n) is 5.11. The molecule has 5 aromatic rings. The molecule has 0 saturated heterocycles. The average molecular weight is 378 g/mol. The van der Waals surface area contributed by atoms with Gasteiger partial charge in [0, 0.05) is 11.4 Å². The van der Waals surface area contributed by atoms with Crippen LogP contribution < -0.4 is 16.9 Å². The average Bonchev–Trinajstić information content (AvgIpc) is 2.73. The quantitative estimate of drug-likeness (QED) is 0.316. The zero-order chi connectivity index (χ0) is 20.0. The minimum Gasteiger partial charge on any atom is -0.456 e. The second-order valence-electron chi connectivity index (χ2n) is 7.10. The second kappa shape index (κ2) is 6.53. The maximum atomic E-state index is 13.0. The molecule has 0 bridgehead atoms. The number of hydrogen-bond acceptors (Lipinski definition) is 4. The molecule has 1 aromatic heterocycles. The molecule has 4 aromatic carbocycles. The molecule has 0 unspecified atom stereocenters. The van der Waals surface area contributed by atoms with E-state index in [0.29, 0.717) is 33.3 Å². The number of nitrogen functional groups attached to an aromatic ring is 2. The summed E-state index contributed by atoms with van der Waals surface area (Å²) in [5, 5.41) is 1.11. The third-order valence-corrected chi connectivity index (χ3v) is 5.11. The van der Waals surface area contributed by atoms with E-state index in [4.69, 9.17) is 15.9 Å². The zero-order valence-electron chi connectivity index (χ0n) is 15.6. The van der Waals surface area contributed by atoms with E-state index < -0.39 is 0 Å².